The summed E-state index contributed by atoms with van der Waals surface area (Å²) in [5.41, 5.74) is 1.11. The largest absolute Gasteiger partial charge is 0.478 e. The van der Waals surface area contributed by atoms with Crippen molar-refractivity contribution in [2.75, 3.05) is 19.8 Å². The molecule has 0 heterocycles. The second-order valence-corrected chi connectivity index (χ2v) is 8.12. The maximum Gasteiger partial charge on any atom is 0.338 e. The third-order valence-electron chi connectivity index (χ3n) is 5.82. The van der Waals surface area contributed by atoms with Crippen molar-refractivity contribution in [2.24, 2.45) is 11.8 Å². The van der Waals surface area contributed by atoms with Gasteiger partial charge in [0.1, 0.15) is 6.61 Å². The lowest BCUT2D eigenvalue weighted by Crippen LogP contribution is -2.24. The number of ether oxygens (including phenoxy) is 2. The van der Waals surface area contributed by atoms with Gasteiger partial charge in [0.2, 0.25) is 0 Å². The number of carbonyl (C=O) groups excluding carboxylic acids is 3. The van der Waals surface area contributed by atoms with Crippen molar-refractivity contribution in [2.45, 2.75) is 25.7 Å². The summed E-state index contributed by atoms with van der Waals surface area (Å²) in [6.07, 6.45) is 3.41. The minimum absolute atomic E-state index is 0.111. The van der Waals surface area contributed by atoms with Gasteiger partial charge >= 0.3 is 17.9 Å². The summed E-state index contributed by atoms with van der Waals surface area (Å²) in [7, 11) is 0. The average molecular weight is 454 g/mol. The molecule has 0 spiro atoms. The fourth-order valence-electron chi connectivity index (χ4n) is 3.75. The Hall–Kier alpha value is -3.52. The summed E-state index contributed by atoms with van der Waals surface area (Å²) in [6, 6.07) is 11.6. The molecular formula is C25H26O8. The number of aliphatic hydroxyl groups excluding tert-OH is 1. The molecule has 8 heteroatoms. The van der Waals surface area contributed by atoms with Crippen LogP contribution in [0.25, 0.3) is 0 Å². The molecule has 1 aliphatic carbocycles. The van der Waals surface area contributed by atoms with E-state index in [9.17, 15) is 19.2 Å². The van der Waals surface area contributed by atoms with Gasteiger partial charge < -0.3 is 19.7 Å². The predicted molar refractivity (Wildman–Crippen MR) is 117 cm³/mol. The van der Waals surface area contributed by atoms with Crippen LogP contribution in [0.4, 0.5) is 0 Å². The number of aliphatic hydroxyl groups is 1. The van der Waals surface area contributed by atoms with Crippen molar-refractivity contribution >= 4 is 23.7 Å². The quantitative estimate of drug-likeness (QED) is 0.436. The molecule has 2 N–H and O–H groups in total. The Bertz CT molecular complexity index is 986. The first-order valence-electron chi connectivity index (χ1n) is 10.8. The highest BCUT2D eigenvalue weighted by atomic mass is 16.5. The molecule has 0 aromatic heterocycles. The van der Waals surface area contributed by atoms with Crippen LogP contribution in [0, 0.1) is 11.8 Å². The third-order valence-corrected chi connectivity index (χ3v) is 5.82. The molecule has 2 aromatic rings. The maximum atomic E-state index is 12.2. The first-order valence-corrected chi connectivity index (χ1v) is 10.8. The highest BCUT2D eigenvalue weighted by molar-refractivity contribution is 5.98. The number of hydrogen-bond acceptors (Lipinski definition) is 7. The molecule has 3 rings (SSSR count). The molecule has 8 nitrogen and oxygen atoms in total. The van der Waals surface area contributed by atoms with E-state index in [1.807, 2.05) is 0 Å². The van der Waals surface area contributed by atoms with Crippen LogP contribution in [0.15, 0.2) is 48.5 Å². The minimum atomic E-state index is -1.05. The zero-order valence-electron chi connectivity index (χ0n) is 18.1. The monoisotopic (exact) mass is 454 g/mol. The molecule has 0 unspecified atom stereocenters. The van der Waals surface area contributed by atoms with Gasteiger partial charge in [0.05, 0.1) is 29.9 Å². The molecule has 0 aliphatic heterocycles. The van der Waals surface area contributed by atoms with Crippen LogP contribution in [0.1, 0.15) is 67.1 Å². The second-order valence-electron chi connectivity index (χ2n) is 8.12. The number of rotatable bonds is 9. The highest BCUT2D eigenvalue weighted by Gasteiger charge is 2.24. The average Bonchev–Trinajstić information content (AvgIpc) is 2.86. The van der Waals surface area contributed by atoms with Crippen LogP contribution in [-0.4, -0.2) is 53.7 Å². The Balaban J connectivity index is 1.37. The van der Waals surface area contributed by atoms with Gasteiger partial charge in [-0.15, -0.1) is 0 Å². The van der Waals surface area contributed by atoms with E-state index in [0.717, 1.165) is 25.7 Å². The van der Waals surface area contributed by atoms with Crippen LogP contribution in [0.3, 0.4) is 0 Å². The number of carboxylic acid groups (broad SMARTS) is 1. The molecule has 174 valence electrons. The topological polar surface area (TPSA) is 127 Å². The Labute approximate surface area is 191 Å². The zero-order chi connectivity index (χ0) is 23.8. The van der Waals surface area contributed by atoms with Crippen molar-refractivity contribution < 1.29 is 38.9 Å². The maximum absolute atomic E-state index is 12.2. The first-order chi connectivity index (χ1) is 15.9. The Morgan fingerprint density at radius 2 is 1.03 bits per heavy atom. The Kier molecular flexibility index (Phi) is 8.32. The van der Waals surface area contributed by atoms with Crippen LogP contribution >= 0.6 is 0 Å². The number of carbonyl (C=O) groups is 4. The number of hydrogen-bond donors (Lipinski definition) is 2. The Morgan fingerprint density at radius 3 is 1.39 bits per heavy atom. The molecule has 0 saturated heterocycles. The molecule has 1 aliphatic rings. The number of benzene rings is 2. The molecule has 33 heavy (non-hydrogen) atoms. The number of ketones is 1. The van der Waals surface area contributed by atoms with Crippen molar-refractivity contribution in [3.63, 3.8) is 0 Å². The van der Waals surface area contributed by atoms with Crippen molar-refractivity contribution in [1.82, 2.24) is 0 Å². The smallest absolute Gasteiger partial charge is 0.338 e. The van der Waals surface area contributed by atoms with Crippen LogP contribution in [-0.2, 0) is 9.47 Å². The molecule has 0 atom stereocenters. The second kappa shape index (κ2) is 11.4. The van der Waals surface area contributed by atoms with Crippen LogP contribution < -0.4 is 0 Å². The number of aromatic carboxylic acids is 1. The zero-order valence-corrected chi connectivity index (χ0v) is 18.1. The fourth-order valence-corrected chi connectivity index (χ4v) is 3.75. The van der Waals surface area contributed by atoms with E-state index in [1.54, 1.807) is 0 Å². The van der Waals surface area contributed by atoms with Crippen LogP contribution in [0.2, 0.25) is 0 Å². The predicted octanol–water partition coefficient (Wildman–Crippen LogP) is 3.38. The molecule has 0 radical (unpaired) electrons. The molecular weight excluding hydrogens is 428 g/mol. The molecule has 1 saturated carbocycles. The summed E-state index contributed by atoms with van der Waals surface area (Å²) in [5.74, 6) is -1.92. The van der Waals surface area contributed by atoms with Crippen molar-refractivity contribution in [1.29, 1.82) is 0 Å². The van der Waals surface area contributed by atoms with Gasteiger partial charge in [0, 0.05) is 5.56 Å². The number of Topliss-reactive ketones (excluding diaryl/α,β-unsaturated/α-hetero) is 1. The van der Waals surface area contributed by atoms with Crippen molar-refractivity contribution in [3.05, 3.63) is 70.8 Å². The first kappa shape index (κ1) is 24.1. The van der Waals surface area contributed by atoms with E-state index in [1.165, 1.54) is 48.5 Å². The molecule has 0 bridgehead atoms. The van der Waals surface area contributed by atoms with E-state index in [0.29, 0.717) is 29.9 Å². The van der Waals surface area contributed by atoms with Gasteiger partial charge in [-0.3, -0.25) is 4.79 Å². The van der Waals surface area contributed by atoms with Gasteiger partial charge in [-0.2, -0.15) is 0 Å². The molecule has 0 amide bonds. The lowest BCUT2D eigenvalue weighted by molar-refractivity contribution is 0.0297. The lowest BCUT2D eigenvalue weighted by Gasteiger charge is -2.27. The summed E-state index contributed by atoms with van der Waals surface area (Å²) >= 11 is 0. The third kappa shape index (κ3) is 6.73. The summed E-state index contributed by atoms with van der Waals surface area (Å²) in [6.45, 7) is 0.0229. The van der Waals surface area contributed by atoms with E-state index in [-0.39, 0.29) is 17.4 Å². The summed E-state index contributed by atoms with van der Waals surface area (Å²) in [5, 5.41) is 17.8. The SMILES string of the molecule is O=C(O)c1ccc(C(=O)OCC2CCC(COC(=O)c3ccc(C(=O)CO)cc3)CC2)cc1. The fraction of sp³-hybridized carbons (Fsp3) is 0.360. The molecule has 2 aromatic carbocycles. The summed E-state index contributed by atoms with van der Waals surface area (Å²) < 4.78 is 10.8. The van der Waals surface area contributed by atoms with Crippen molar-refractivity contribution in [3.8, 4) is 0 Å². The Morgan fingerprint density at radius 1 is 0.667 bits per heavy atom. The highest BCUT2D eigenvalue weighted by Crippen LogP contribution is 2.29. The number of carboxylic acids is 1. The van der Waals surface area contributed by atoms with Gasteiger partial charge in [-0.25, -0.2) is 14.4 Å². The minimum Gasteiger partial charge on any atom is -0.478 e. The molecule has 1 fully saturated rings. The van der Waals surface area contributed by atoms with E-state index in [4.69, 9.17) is 19.7 Å². The van der Waals surface area contributed by atoms with Crippen LogP contribution in [0.5, 0.6) is 0 Å². The van der Waals surface area contributed by atoms with Gasteiger partial charge in [-0.05, 0) is 73.9 Å². The lowest BCUT2D eigenvalue weighted by atomic mass is 9.83. The van der Waals surface area contributed by atoms with E-state index < -0.39 is 30.3 Å². The van der Waals surface area contributed by atoms with Gasteiger partial charge in [-0.1, -0.05) is 12.1 Å². The number of esters is 2. The van der Waals surface area contributed by atoms with Gasteiger partial charge in [0.25, 0.3) is 0 Å². The normalized spacial score (nSPS) is 17.7. The van der Waals surface area contributed by atoms with E-state index >= 15 is 0 Å². The standard InChI is InChI=1S/C25H26O8/c26-13-22(27)18-5-9-20(10-6-18)24(30)32-14-16-1-3-17(4-2-16)15-33-25(31)21-11-7-19(8-12-21)23(28)29/h5-12,16-17,26H,1-4,13-15H2,(H,28,29). The van der Waals surface area contributed by atoms with Gasteiger partial charge in [0.15, 0.2) is 5.78 Å². The summed E-state index contributed by atoms with van der Waals surface area (Å²) in [4.78, 5) is 46.7. The van der Waals surface area contributed by atoms with E-state index in [2.05, 4.69) is 0 Å².